The molecule has 0 aromatic carbocycles. The number of piperazine rings is 1. The zero-order valence-electron chi connectivity index (χ0n) is 14.9. The number of carbonyl (C=O) groups excluding carboxylic acids is 2. The average Bonchev–Trinajstić information content (AvgIpc) is 2.59. The van der Waals surface area contributed by atoms with Crippen LogP contribution in [-0.4, -0.2) is 84.9 Å². The van der Waals surface area contributed by atoms with Crippen molar-refractivity contribution in [1.29, 1.82) is 0 Å². The Morgan fingerprint density at radius 1 is 1.09 bits per heavy atom. The molecule has 2 amide bonds. The maximum atomic E-state index is 12.6. The lowest BCUT2D eigenvalue weighted by molar-refractivity contribution is -0.143. The topological polar surface area (TPSA) is 55.9 Å². The predicted molar refractivity (Wildman–Crippen MR) is 91.1 cm³/mol. The Labute approximate surface area is 140 Å². The average molecular weight is 324 g/mol. The van der Waals surface area contributed by atoms with Gasteiger partial charge < -0.3 is 15.1 Å². The van der Waals surface area contributed by atoms with Crippen LogP contribution in [0.4, 0.5) is 0 Å². The van der Waals surface area contributed by atoms with E-state index in [1.807, 2.05) is 9.80 Å². The molecule has 0 saturated carbocycles. The molecule has 0 radical (unpaired) electrons. The Morgan fingerprint density at radius 2 is 1.70 bits per heavy atom. The smallest absolute Gasteiger partial charge is 0.236 e. The van der Waals surface area contributed by atoms with Crippen LogP contribution in [-0.2, 0) is 9.59 Å². The lowest BCUT2D eigenvalue weighted by Gasteiger charge is -2.38. The van der Waals surface area contributed by atoms with E-state index >= 15 is 0 Å². The summed E-state index contributed by atoms with van der Waals surface area (Å²) in [5.74, 6) is 0.634. The molecule has 132 valence electrons. The molecular weight excluding hydrogens is 292 g/mol. The number of likely N-dealkylation sites (N-methyl/N-ethyl adjacent to an activating group) is 1. The van der Waals surface area contributed by atoms with Crippen molar-refractivity contribution >= 4 is 11.8 Å². The van der Waals surface area contributed by atoms with Crippen molar-refractivity contribution in [2.45, 2.75) is 39.7 Å². The quantitative estimate of drug-likeness (QED) is 0.795. The highest BCUT2D eigenvalue weighted by Gasteiger charge is 2.31. The molecule has 0 unspecified atom stereocenters. The van der Waals surface area contributed by atoms with E-state index in [9.17, 15) is 9.59 Å². The third-order valence-electron chi connectivity index (χ3n) is 5.17. The Bertz CT molecular complexity index is 403. The summed E-state index contributed by atoms with van der Waals surface area (Å²) in [6.45, 7) is 12.2. The lowest BCUT2D eigenvalue weighted by Crippen LogP contribution is -2.54. The van der Waals surface area contributed by atoms with Crippen molar-refractivity contribution in [3.63, 3.8) is 0 Å². The summed E-state index contributed by atoms with van der Waals surface area (Å²) in [5, 5.41) is 3.39. The van der Waals surface area contributed by atoms with E-state index < -0.39 is 0 Å². The molecule has 0 aromatic heterocycles. The van der Waals surface area contributed by atoms with E-state index in [-0.39, 0.29) is 17.7 Å². The fourth-order valence-corrected chi connectivity index (χ4v) is 3.53. The van der Waals surface area contributed by atoms with Gasteiger partial charge in [-0.15, -0.1) is 0 Å². The van der Waals surface area contributed by atoms with Gasteiger partial charge in [-0.25, -0.2) is 0 Å². The van der Waals surface area contributed by atoms with Crippen molar-refractivity contribution in [2.24, 2.45) is 5.92 Å². The normalized spacial score (nSPS) is 25.7. The maximum Gasteiger partial charge on any atom is 0.236 e. The molecule has 2 aliphatic heterocycles. The third-order valence-corrected chi connectivity index (χ3v) is 5.17. The van der Waals surface area contributed by atoms with Gasteiger partial charge in [0.2, 0.25) is 11.8 Å². The molecule has 2 aliphatic rings. The van der Waals surface area contributed by atoms with E-state index in [2.05, 4.69) is 31.0 Å². The second-order valence-electron chi connectivity index (χ2n) is 6.74. The minimum absolute atomic E-state index is 0.157. The molecule has 0 bridgehead atoms. The fourth-order valence-electron chi connectivity index (χ4n) is 3.53. The first-order valence-electron chi connectivity index (χ1n) is 9.07. The van der Waals surface area contributed by atoms with Gasteiger partial charge in [0.15, 0.2) is 0 Å². The third kappa shape index (κ3) is 4.91. The van der Waals surface area contributed by atoms with Crippen molar-refractivity contribution in [1.82, 2.24) is 20.0 Å². The van der Waals surface area contributed by atoms with Gasteiger partial charge in [0.05, 0.1) is 6.54 Å². The van der Waals surface area contributed by atoms with Crippen LogP contribution < -0.4 is 5.32 Å². The molecular formula is C17H32N4O2. The van der Waals surface area contributed by atoms with E-state index in [4.69, 9.17) is 0 Å². The predicted octanol–water partition coefficient (Wildman–Crippen LogP) is 0.387. The first-order valence-corrected chi connectivity index (χ1v) is 9.07. The fraction of sp³-hybridized carbons (Fsp3) is 0.882. The van der Waals surface area contributed by atoms with Gasteiger partial charge in [0, 0.05) is 38.1 Å². The molecule has 6 nitrogen and oxygen atoms in total. The Balaban J connectivity index is 1.79. The maximum absolute atomic E-state index is 12.6. The number of hydrogen-bond donors (Lipinski definition) is 1. The van der Waals surface area contributed by atoms with Crippen LogP contribution in [0.1, 0.15) is 33.6 Å². The number of nitrogens with zero attached hydrogens (tertiary/aromatic N) is 3. The van der Waals surface area contributed by atoms with Gasteiger partial charge in [-0.2, -0.15) is 0 Å². The summed E-state index contributed by atoms with van der Waals surface area (Å²) < 4.78 is 0. The molecule has 6 heteroatoms. The summed E-state index contributed by atoms with van der Waals surface area (Å²) in [7, 11) is 0. The zero-order valence-corrected chi connectivity index (χ0v) is 14.9. The highest BCUT2D eigenvalue weighted by molar-refractivity contribution is 5.81. The van der Waals surface area contributed by atoms with Crippen molar-refractivity contribution in [3.8, 4) is 0 Å². The van der Waals surface area contributed by atoms with Crippen LogP contribution in [0.5, 0.6) is 0 Å². The minimum atomic E-state index is 0.157. The van der Waals surface area contributed by atoms with E-state index in [0.29, 0.717) is 38.8 Å². The van der Waals surface area contributed by atoms with Gasteiger partial charge >= 0.3 is 0 Å². The van der Waals surface area contributed by atoms with Crippen LogP contribution in [0.2, 0.25) is 0 Å². The van der Waals surface area contributed by atoms with Crippen LogP contribution in [0.15, 0.2) is 0 Å². The summed E-state index contributed by atoms with van der Waals surface area (Å²) >= 11 is 0. The molecule has 2 rings (SSSR count). The Hall–Kier alpha value is -1.14. The molecule has 2 saturated heterocycles. The van der Waals surface area contributed by atoms with E-state index in [1.165, 1.54) is 0 Å². The summed E-state index contributed by atoms with van der Waals surface area (Å²) in [5.41, 5.74) is 0. The van der Waals surface area contributed by atoms with Gasteiger partial charge in [-0.3, -0.25) is 14.5 Å². The second kappa shape index (κ2) is 8.64. The Kier molecular flexibility index (Phi) is 6.84. The highest BCUT2D eigenvalue weighted by atomic mass is 16.2. The second-order valence-corrected chi connectivity index (χ2v) is 6.74. The van der Waals surface area contributed by atoms with E-state index in [1.54, 1.807) is 0 Å². The molecule has 2 atom stereocenters. The number of piperidine rings is 1. The summed E-state index contributed by atoms with van der Waals surface area (Å²) in [4.78, 5) is 31.0. The van der Waals surface area contributed by atoms with Crippen LogP contribution in [0, 0.1) is 5.92 Å². The summed E-state index contributed by atoms with van der Waals surface area (Å²) in [6, 6.07) is 0.426. The Morgan fingerprint density at radius 3 is 2.26 bits per heavy atom. The molecule has 2 heterocycles. The van der Waals surface area contributed by atoms with Crippen molar-refractivity contribution < 1.29 is 9.59 Å². The minimum Gasteiger partial charge on any atom is -0.339 e. The van der Waals surface area contributed by atoms with Crippen LogP contribution in [0.3, 0.4) is 0 Å². The number of rotatable bonds is 5. The molecule has 0 spiro atoms. The molecule has 1 N–H and O–H groups in total. The molecule has 23 heavy (non-hydrogen) atoms. The van der Waals surface area contributed by atoms with Gasteiger partial charge in [-0.05, 0) is 39.4 Å². The number of amides is 2. The first kappa shape index (κ1) is 18.2. The van der Waals surface area contributed by atoms with Gasteiger partial charge in [0.1, 0.15) is 0 Å². The van der Waals surface area contributed by atoms with Gasteiger partial charge in [0.25, 0.3) is 0 Å². The summed E-state index contributed by atoms with van der Waals surface area (Å²) in [6.07, 6.45) is 1.87. The lowest BCUT2D eigenvalue weighted by atomic mass is 9.92. The van der Waals surface area contributed by atoms with Crippen molar-refractivity contribution in [3.05, 3.63) is 0 Å². The number of nitrogens with one attached hydrogen (secondary N) is 1. The number of carbonyl (C=O) groups is 2. The SMILES string of the molecule is CCN(CC)CC(=O)N1CCN(C(=O)[C@H]2CCN[C@@H](C)C2)CC1. The van der Waals surface area contributed by atoms with Crippen LogP contribution >= 0.6 is 0 Å². The van der Waals surface area contributed by atoms with E-state index in [0.717, 1.165) is 32.5 Å². The zero-order chi connectivity index (χ0) is 16.8. The monoisotopic (exact) mass is 324 g/mol. The van der Waals surface area contributed by atoms with Gasteiger partial charge in [-0.1, -0.05) is 13.8 Å². The molecule has 2 fully saturated rings. The first-order chi connectivity index (χ1) is 11.0. The highest BCUT2D eigenvalue weighted by Crippen LogP contribution is 2.19. The molecule has 0 aromatic rings. The molecule has 0 aliphatic carbocycles. The largest absolute Gasteiger partial charge is 0.339 e. The number of hydrogen-bond acceptors (Lipinski definition) is 4. The standard InChI is InChI=1S/C17H32N4O2/c1-4-19(5-2)13-16(22)20-8-10-21(11-9-20)17(23)15-6-7-18-14(3)12-15/h14-15,18H,4-13H2,1-3H3/t14-,15-/m0/s1. The van der Waals surface area contributed by atoms with Crippen molar-refractivity contribution in [2.75, 3.05) is 52.4 Å². The van der Waals surface area contributed by atoms with Crippen LogP contribution in [0.25, 0.3) is 0 Å².